The summed E-state index contributed by atoms with van der Waals surface area (Å²) >= 11 is 5.93. The van der Waals surface area contributed by atoms with Crippen molar-refractivity contribution in [3.05, 3.63) is 69.7 Å². The molecule has 1 saturated carbocycles. The number of hydrogen-bond donors (Lipinski definition) is 1. The normalized spacial score (nSPS) is 15.6. The number of benzene rings is 2. The second-order valence-electron chi connectivity index (χ2n) is 6.73. The molecule has 0 radical (unpaired) electrons. The summed E-state index contributed by atoms with van der Waals surface area (Å²) in [5.74, 6) is -0.541. The van der Waals surface area contributed by atoms with Crippen molar-refractivity contribution < 1.29 is 9.21 Å². The van der Waals surface area contributed by atoms with E-state index in [0.717, 1.165) is 24.8 Å². The highest BCUT2D eigenvalue weighted by Gasteiger charge is 2.39. The fourth-order valence-electron chi connectivity index (χ4n) is 3.57. The molecule has 3 aromatic rings. The fraction of sp³-hybridized carbons (Fsp3) is 0.300. The lowest BCUT2D eigenvalue weighted by Crippen LogP contribution is -2.51. The first-order valence-electron chi connectivity index (χ1n) is 8.73. The molecule has 1 aromatic heterocycles. The highest BCUT2D eigenvalue weighted by atomic mass is 35.5. The van der Waals surface area contributed by atoms with Gasteiger partial charge in [-0.25, -0.2) is 4.79 Å². The second kappa shape index (κ2) is 6.65. The molecule has 1 fully saturated rings. The number of nitrogens with one attached hydrogen (secondary N) is 1. The van der Waals surface area contributed by atoms with Crippen LogP contribution >= 0.6 is 11.6 Å². The van der Waals surface area contributed by atoms with Gasteiger partial charge < -0.3 is 9.73 Å². The predicted molar refractivity (Wildman–Crippen MR) is 100 cm³/mol. The van der Waals surface area contributed by atoms with Gasteiger partial charge in [-0.1, -0.05) is 41.9 Å². The topological polar surface area (TPSA) is 64.2 Å². The van der Waals surface area contributed by atoms with Crippen LogP contribution in [0.3, 0.4) is 0 Å². The number of carbonyl (C=O) groups is 1. The van der Waals surface area contributed by atoms with E-state index in [1.807, 2.05) is 18.2 Å². The molecule has 1 heterocycles. The van der Waals surface area contributed by atoms with Gasteiger partial charge in [-0.05, 0) is 37.0 Å². The summed E-state index contributed by atoms with van der Waals surface area (Å²) in [7, 11) is 0. The van der Waals surface area contributed by atoms with Crippen molar-refractivity contribution in [2.75, 3.05) is 0 Å². The quantitative estimate of drug-likeness (QED) is 0.742. The van der Waals surface area contributed by atoms with Crippen molar-refractivity contribution in [2.45, 2.75) is 37.8 Å². The molecule has 1 aliphatic carbocycles. The van der Waals surface area contributed by atoms with Crippen molar-refractivity contribution in [3.63, 3.8) is 0 Å². The van der Waals surface area contributed by atoms with E-state index < -0.39 is 5.76 Å². The maximum atomic E-state index is 12.5. The highest BCUT2D eigenvalue weighted by Crippen LogP contribution is 2.41. The summed E-state index contributed by atoms with van der Waals surface area (Å²) in [4.78, 5) is 24.6. The maximum absolute atomic E-state index is 12.5. The van der Waals surface area contributed by atoms with Gasteiger partial charge in [0.2, 0.25) is 5.91 Å². The minimum atomic E-state index is -0.475. The van der Waals surface area contributed by atoms with Crippen LogP contribution in [0.15, 0.2) is 57.7 Å². The molecule has 5 nitrogen and oxygen atoms in total. The molecule has 6 heteroatoms. The summed E-state index contributed by atoms with van der Waals surface area (Å²) in [5, 5.41) is 3.68. The Morgan fingerprint density at radius 3 is 2.65 bits per heavy atom. The first-order valence-corrected chi connectivity index (χ1v) is 9.11. The predicted octanol–water partition coefficient (Wildman–Crippen LogP) is 3.83. The van der Waals surface area contributed by atoms with E-state index in [1.165, 1.54) is 4.57 Å². The zero-order chi connectivity index (χ0) is 18.1. The second-order valence-corrected chi connectivity index (χ2v) is 7.17. The lowest BCUT2D eigenvalue weighted by molar-refractivity contribution is -0.124. The molecular formula is C20H19ClN2O3. The molecule has 2 aromatic carbocycles. The average molecular weight is 371 g/mol. The third-order valence-electron chi connectivity index (χ3n) is 5.10. The highest BCUT2D eigenvalue weighted by molar-refractivity contribution is 6.31. The number of carbonyl (C=O) groups excluding carboxylic acids is 1. The van der Waals surface area contributed by atoms with E-state index in [-0.39, 0.29) is 24.4 Å². The Balaban J connectivity index is 1.48. The van der Waals surface area contributed by atoms with Crippen molar-refractivity contribution in [1.29, 1.82) is 0 Å². The summed E-state index contributed by atoms with van der Waals surface area (Å²) in [6, 6.07) is 15.1. The van der Waals surface area contributed by atoms with Crippen molar-refractivity contribution >= 4 is 28.6 Å². The molecule has 26 heavy (non-hydrogen) atoms. The zero-order valence-electron chi connectivity index (χ0n) is 14.2. The Hall–Kier alpha value is -2.53. The summed E-state index contributed by atoms with van der Waals surface area (Å²) in [6.45, 7) is 0.268. The third-order valence-corrected chi connectivity index (χ3v) is 5.34. The molecule has 0 atom stereocenters. The van der Waals surface area contributed by atoms with Crippen LogP contribution in [0.25, 0.3) is 11.1 Å². The van der Waals surface area contributed by atoms with Crippen LogP contribution in [0.1, 0.15) is 31.2 Å². The minimum absolute atomic E-state index is 0.0660. The number of rotatable bonds is 5. The Labute approximate surface area is 155 Å². The van der Waals surface area contributed by atoms with E-state index in [4.69, 9.17) is 16.0 Å². The lowest BCUT2D eigenvalue weighted by Gasteiger charge is -2.43. The van der Waals surface area contributed by atoms with Gasteiger partial charge >= 0.3 is 5.76 Å². The van der Waals surface area contributed by atoms with Gasteiger partial charge in [-0.15, -0.1) is 0 Å². The van der Waals surface area contributed by atoms with Crippen LogP contribution in [-0.4, -0.2) is 10.5 Å². The molecule has 134 valence electrons. The molecular weight excluding hydrogens is 352 g/mol. The van der Waals surface area contributed by atoms with Gasteiger partial charge in [-0.2, -0.15) is 0 Å². The molecule has 0 aliphatic heterocycles. The fourth-order valence-corrected chi connectivity index (χ4v) is 3.73. The smallest absolute Gasteiger partial charge is 0.408 e. The van der Waals surface area contributed by atoms with E-state index in [0.29, 0.717) is 16.1 Å². The number of oxazole rings is 1. The van der Waals surface area contributed by atoms with Crippen LogP contribution in [0.4, 0.5) is 0 Å². The largest absolute Gasteiger partial charge is 0.419 e. The summed E-state index contributed by atoms with van der Waals surface area (Å²) in [6.07, 6.45) is 3.19. The van der Waals surface area contributed by atoms with Crippen LogP contribution in [-0.2, 0) is 16.9 Å². The molecule has 0 bridgehead atoms. The van der Waals surface area contributed by atoms with Crippen LogP contribution < -0.4 is 11.1 Å². The van der Waals surface area contributed by atoms with Gasteiger partial charge in [0.05, 0.1) is 11.1 Å². The van der Waals surface area contributed by atoms with E-state index in [9.17, 15) is 9.59 Å². The first kappa shape index (κ1) is 16.9. The molecule has 1 amide bonds. The zero-order valence-corrected chi connectivity index (χ0v) is 15.0. The molecule has 0 unspecified atom stereocenters. The van der Waals surface area contributed by atoms with Crippen LogP contribution in [0.2, 0.25) is 5.02 Å². The summed E-state index contributed by atoms with van der Waals surface area (Å²) < 4.78 is 6.68. The number of hydrogen-bond acceptors (Lipinski definition) is 3. The summed E-state index contributed by atoms with van der Waals surface area (Å²) in [5.41, 5.74) is 1.95. The standard InChI is InChI=1S/C20H19ClN2O3/c21-15-7-8-16-17(13-15)26-19(25)23(16)12-9-18(24)22-20(10-4-11-20)14-5-2-1-3-6-14/h1-3,5-8,13H,4,9-12H2,(H,22,24). The first-order chi connectivity index (χ1) is 12.6. The van der Waals surface area contributed by atoms with Crippen molar-refractivity contribution in [1.82, 2.24) is 9.88 Å². The molecule has 0 saturated heterocycles. The number of fused-ring (bicyclic) bond motifs is 1. The van der Waals surface area contributed by atoms with Gasteiger partial charge in [0, 0.05) is 24.1 Å². The SMILES string of the molecule is O=C(CCn1c(=O)oc2cc(Cl)ccc21)NC1(c2ccccc2)CCC1. The maximum Gasteiger partial charge on any atom is 0.419 e. The number of aryl methyl sites for hydroxylation is 1. The van der Waals surface area contributed by atoms with Gasteiger partial charge in [-0.3, -0.25) is 9.36 Å². The molecule has 0 spiro atoms. The number of aromatic nitrogens is 1. The lowest BCUT2D eigenvalue weighted by atomic mass is 9.71. The average Bonchev–Trinajstić information content (AvgIpc) is 2.91. The Bertz CT molecular complexity index is 1000. The Morgan fingerprint density at radius 2 is 1.96 bits per heavy atom. The van der Waals surface area contributed by atoms with Gasteiger partial charge in [0.1, 0.15) is 0 Å². The van der Waals surface area contributed by atoms with Crippen LogP contribution in [0, 0.1) is 0 Å². The molecule has 1 aliphatic rings. The number of nitrogens with zero attached hydrogens (tertiary/aromatic N) is 1. The van der Waals surface area contributed by atoms with Gasteiger partial charge in [0.25, 0.3) is 0 Å². The van der Waals surface area contributed by atoms with E-state index in [2.05, 4.69) is 17.4 Å². The Kier molecular flexibility index (Phi) is 4.32. The molecule has 1 N–H and O–H groups in total. The van der Waals surface area contributed by atoms with Crippen LogP contribution in [0.5, 0.6) is 0 Å². The van der Waals surface area contributed by atoms with E-state index >= 15 is 0 Å². The number of halogens is 1. The van der Waals surface area contributed by atoms with Gasteiger partial charge in [0.15, 0.2) is 5.58 Å². The third kappa shape index (κ3) is 3.03. The number of amides is 1. The molecule has 4 rings (SSSR count). The monoisotopic (exact) mass is 370 g/mol. The van der Waals surface area contributed by atoms with Crippen molar-refractivity contribution in [2.24, 2.45) is 0 Å². The van der Waals surface area contributed by atoms with E-state index in [1.54, 1.807) is 18.2 Å². The minimum Gasteiger partial charge on any atom is -0.408 e. The van der Waals surface area contributed by atoms with Crippen molar-refractivity contribution in [3.8, 4) is 0 Å². The Morgan fingerprint density at radius 1 is 1.19 bits per heavy atom.